The molecule has 3 N–H and O–H groups in total. The van der Waals surface area contributed by atoms with Crippen LogP contribution in [0.25, 0.3) is 0 Å². The molecule has 1 unspecified atom stereocenters. The number of imide groups is 2. The quantitative estimate of drug-likeness (QED) is 0.636. The van der Waals surface area contributed by atoms with Crippen molar-refractivity contribution in [2.45, 2.75) is 31.7 Å². The average molecular weight is 425 g/mol. The van der Waals surface area contributed by atoms with Gasteiger partial charge in [0.1, 0.15) is 6.04 Å². The molecule has 3 heterocycles. The highest BCUT2D eigenvalue weighted by Gasteiger charge is 2.45. The lowest BCUT2D eigenvalue weighted by molar-refractivity contribution is -0.136. The SMILES string of the molecule is NCC1(CN2CCN(c3ccc4c(c3)C(=O)N(C3CCC(=O)NC3=O)C4=O)CC2)CC1. The minimum atomic E-state index is -0.936. The Balaban J connectivity index is 1.28. The average Bonchev–Trinajstić information content (AvgIpc) is 3.50. The summed E-state index contributed by atoms with van der Waals surface area (Å²) in [6, 6.07) is 4.38. The van der Waals surface area contributed by atoms with Crippen LogP contribution in [0.4, 0.5) is 5.69 Å². The third-order valence-electron chi connectivity index (χ3n) is 7.11. The van der Waals surface area contributed by atoms with Crippen LogP contribution in [0.5, 0.6) is 0 Å². The van der Waals surface area contributed by atoms with Crippen LogP contribution < -0.4 is 16.0 Å². The molecule has 0 aromatic heterocycles. The Morgan fingerprint density at radius 1 is 1.00 bits per heavy atom. The topological polar surface area (TPSA) is 116 Å². The van der Waals surface area contributed by atoms with Crippen LogP contribution in [-0.4, -0.2) is 78.7 Å². The van der Waals surface area contributed by atoms with Gasteiger partial charge >= 0.3 is 0 Å². The van der Waals surface area contributed by atoms with Crippen LogP contribution in [0.3, 0.4) is 0 Å². The molecule has 0 bridgehead atoms. The lowest BCUT2D eigenvalue weighted by Crippen LogP contribution is -2.54. The number of piperidine rings is 1. The molecule has 164 valence electrons. The maximum Gasteiger partial charge on any atom is 0.262 e. The fourth-order valence-corrected chi connectivity index (χ4v) is 4.90. The second-order valence-corrected chi connectivity index (χ2v) is 9.14. The standard InChI is InChI=1S/C22H27N5O4/c23-12-22(5-6-22)13-25-7-9-26(10-8-25)14-1-2-15-16(11-14)21(31)27(20(15)30)17-3-4-18(28)24-19(17)29/h1-2,11,17H,3-10,12-13,23H2,(H,24,28,29). The van der Waals surface area contributed by atoms with Gasteiger partial charge in [0, 0.05) is 44.8 Å². The number of anilines is 1. The number of hydrogen-bond acceptors (Lipinski definition) is 7. The minimum absolute atomic E-state index is 0.116. The number of amides is 4. The van der Waals surface area contributed by atoms with Gasteiger partial charge in [0.05, 0.1) is 11.1 Å². The van der Waals surface area contributed by atoms with Gasteiger partial charge < -0.3 is 10.6 Å². The van der Waals surface area contributed by atoms with Gasteiger partial charge in [-0.2, -0.15) is 0 Å². The Morgan fingerprint density at radius 2 is 1.71 bits per heavy atom. The van der Waals surface area contributed by atoms with Crippen LogP contribution >= 0.6 is 0 Å². The summed E-state index contributed by atoms with van der Waals surface area (Å²) < 4.78 is 0. The van der Waals surface area contributed by atoms with Crippen molar-refractivity contribution in [3.63, 3.8) is 0 Å². The van der Waals surface area contributed by atoms with Gasteiger partial charge in [-0.15, -0.1) is 0 Å². The highest BCUT2D eigenvalue weighted by molar-refractivity contribution is 6.23. The second-order valence-electron chi connectivity index (χ2n) is 9.14. The molecule has 4 aliphatic rings. The van der Waals surface area contributed by atoms with Crippen molar-refractivity contribution in [1.29, 1.82) is 0 Å². The third-order valence-corrected chi connectivity index (χ3v) is 7.11. The number of nitrogens with one attached hydrogen (secondary N) is 1. The molecule has 1 saturated carbocycles. The molecule has 9 heteroatoms. The zero-order chi connectivity index (χ0) is 21.8. The van der Waals surface area contributed by atoms with Crippen molar-refractivity contribution in [3.05, 3.63) is 29.3 Å². The summed E-state index contributed by atoms with van der Waals surface area (Å²) in [5.74, 6) is -1.90. The highest BCUT2D eigenvalue weighted by Crippen LogP contribution is 2.45. The Morgan fingerprint density at radius 3 is 2.35 bits per heavy atom. The normalized spacial score (nSPS) is 25.6. The molecule has 1 atom stereocenters. The Bertz CT molecular complexity index is 965. The first-order chi connectivity index (χ1) is 14.9. The van der Waals surface area contributed by atoms with Gasteiger partial charge in [-0.1, -0.05) is 0 Å². The molecule has 0 spiro atoms. The first-order valence-corrected chi connectivity index (χ1v) is 10.9. The molecular weight excluding hydrogens is 398 g/mol. The Hall–Kier alpha value is -2.78. The van der Waals surface area contributed by atoms with Crippen LogP contribution in [0.15, 0.2) is 18.2 Å². The van der Waals surface area contributed by atoms with Gasteiger partial charge in [-0.05, 0) is 49.4 Å². The van der Waals surface area contributed by atoms with Gasteiger partial charge in [-0.3, -0.25) is 34.3 Å². The maximum atomic E-state index is 13.0. The van der Waals surface area contributed by atoms with Gasteiger partial charge in [-0.25, -0.2) is 0 Å². The van der Waals surface area contributed by atoms with E-state index in [0.717, 1.165) is 49.9 Å². The van der Waals surface area contributed by atoms with E-state index in [1.165, 1.54) is 12.8 Å². The van der Waals surface area contributed by atoms with E-state index >= 15 is 0 Å². The number of nitrogens with two attached hydrogens (primary N) is 1. The van der Waals surface area contributed by atoms with E-state index in [9.17, 15) is 19.2 Å². The second kappa shape index (κ2) is 7.42. The van der Waals surface area contributed by atoms with E-state index in [-0.39, 0.29) is 18.7 Å². The monoisotopic (exact) mass is 425 g/mol. The fourth-order valence-electron chi connectivity index (χ4n) is 4.90. The molecule has 1 aromatic rings. The summed E-state index contributed by atoms with van der Waals surface area (Å²) in [6.45, 7) is 5.37. The van der Waals surface area contributed by atoms with Crippen molar-refractivity contribution in [2.75, 3.05) is 44.2 Å². The van der Waals surface area contributed by atoms with Crippen LogP contribution in [0, 0.1) is 5.41 Å². The molecule has 0 radical (unpaired) electrons. The van der Waals surface area contributed by atoms with Crippen molar-refractivity contribution in [2.24, 2.45) is 11.1 Å². The predicted octanol–water partition coefficient (Wildman–Crippen LogP) is -0.0513. The van der Waals surface area contributed by atoms with E-state index in [0.29, 0.717) is 16.5 Å². The minimum Gasteiger partial charge on any atom is -0.369 e. The zero-order valence-electron chi connectivity index (χ0n) is 17.4. The van der Waals surface area contributed by atoms with E-state index in [2.05, 4.69) is 15.1 Å². The van der Waals surface area contributed by atoms with Crippen LogP contribution in [-0.2, 0) is 9.59 Å². The number of piperazine rings is 1. The molecule has 1 aliphatic carbocycles. The summed E-state index contributed by atoms with van der Waals surface area (Å²) in [5.41, 5.74) is 7.79. The lowest BCUT2D eigenvalue weighted by atomic mass is 10.0. The fraction of sp³-hybridized carbons (Fsp3) is 0.545. The van der Waals surface area contributed by atoms with Crippen molar-refractivity contribution in [1.82, 2.24) is 15.1 Å². The largest absolute Gasteiger partial charge is 0.369 e. The Labute approximate surface area is 180 Å². The summed E-state index contributed by atoms with van der Waals surface area (Å²) in [6.07, 6.45) is 2.71. The van der Waals surface area contributed by atoms with Crippen molar-refractivity contribution in [3.8, 4) is 0 Å². The molecule has 2 saturated heterocycles. The summed E-state index contributed by atoms with van der Waals surface area (Å²) in [4.78, 5) is 55.2. The van der Waals surface area contributed by atoms with E-state index in [1.54, 1.807) is 12.1 Å². The zero-order valence-corrected chi connectivity index (χ0v) is 17.4. The molecule has 3 aliphatic heterocycles. The summed E-state index contributed by atoms with van der Waals surface area (Å²) in [5, 5.41) is 2.22. The van der Waals surface area contributed by atoms with Crippen molar-refractivity contribution < 1.29 is 19.2 Å². The third kappa shape index (κ3) is 3.51. The number of carbonyl (C=O) groups excluding carboxylic acids is 4. The van der Waals surface area contributed by atoms with Gasteiger partial charge in [0.15, 0.2) is 0 Å². The molecule has 4 amide bonds. The first kappa shape index (κ1) is 20.1. The molecular formula is C22H27N5O4. The first-order valence-electron chi connectivity index (χ1n) is 10.9. The number of nitrogens with zero attached hydrogens (tertiary/aromatic N) is 3. The van der Waals surface area contributed by atoms with Crippen LogP contribution in [0.1, 0.15) is 46.4 Å². The number of carbonyl (C=O) groups is 4. The number of hydrogen-bond donors (Lipinski definition) is 2. The van der Waals surface area contributed by atoms with Crippen LogP contribution in [0.2, 0.25) is 0 Å². The van der Waals surface area contributed by atoms with Crippen molar-refractivity contribution >= 4 is 29.3 Å². The molecule has 9 nitrogen and oxygen atoms in total. The molecule has 31 heavy (non-hydrogen) atoms. The van der Waals surface area contributed by atoms with Gasteiger partial charge in [0.2, 0.25) is 11.8 Å². The number of benzene rings is 1. The molecule has 5 rings (SSSR count). The van der Waals surface area contributed by atoms with E-state index in [4.69, 9.17) is 5.73 Å². The van der Waals surface area contributed by atoms with E-state index < -0.39 is 23.8 Å². The van der Waals surface area contributed by atoms with E-state index in [1.807, 2.05) is 6.07 Å². The summed E-state index contributed by atoms with van der Waals surface area (Å²) in [7, 11) is 0. The maximum absolute atomic E-state index is 13.0. The molecule has 3 fully saturated rings. The predicted molar refractivity (Wildman–Crippen MR) is 112 cm³/mol. The number of fused-ring (bicyclic) bond motifs is 1. The Kier molecular flexibility index (Phi) is 4.82. The lowest BCUT2D eigenvalue weighted by Gasteiger charge is -2.37. The molecule has 1 aromatic carbocycles. The summed E-state index contributed by atoms with van der Waals surface area (Å²) >= 11 is 0. The van der Waals surface area contributed by atoms with Gasteiger partial charge in [0.25, 0.3) is 11.8 Å². The number of rotatable bonds is 5. The highest BCUT2D eigenvalue weighted by atomic mass is 16.2. The smallest absolute Gasteiger partial charge is 0.262 e.